The summed E-state index contributed by atoms with van der Waals surface area (Å²) in [4.78, 5) is 0. The van der Waals surface area contributed by atoms with E-state index in [9.17, 15) is 0 Å². The van der Waals surface area contributed by atoms with E-state index < -0.39 is 0 Å². The first-order chi connectivity index (χ1) is 6.59. The number of rotatable bonds is 1. The average molecular weight is 209 g/mol. The Bertz CT molecular complexity index is 372. The van der Waals surface area contributed by atoms with Crippen molar-refractivity contribution in [3.8, 4) is 11.8 Å². The SMILES string of the molecule is Cc1ccc(C#CCC(C)O)cc1Cl. The first-order valence-electron chi connectivity index (χ1n) is 4.52. The van der Waals surface area contributed by atoms with Crippen molar-refractivity contribution in [1.82, 2.24) is 0 Å². The Morgan fingerprint density at radius 3 is 2.79 bits per heavy atom. The van der Waals surface area contributed by atoms with E-state index in [2.05, 4.69) is 11.8 Å². The molecule has 0 aliphatic carbocycles. The van der Waals surface area contributed by atoms with Gasteiger partial charge in [0.05, 0.1) is 6.10 Å². The molecule has 1 rings (SSSR count). The maximum atomic E-state index is 9.00. The molecule has 2 heteroatoms. The largest absolute Gasteiger partial charge is 0.392 e. The number of hydrogen-bond donors (Lipinski definition) is 1. The fourth-order valence-electron chi connectivity index (χ4n) is 0.971. The van der Waals surface area contributed by atoms with E-state index in [4.69, 9.17) is 16.7 Å². The monoisotopic (exact) mass is 208 g/mol. The first-order valence-corrected chi connectivity index (χ1v) is 4.90. The normalized spacial score (nSPS) is 11.7. The third kappa shape index (κ3) is 3.41. The van der Waals surface area contributed by atoms with E-state index >= 15 is 0 Å². The summed E-state index contributed by atoms with van der Waals surface area (Å²) >= 11 is 5.94. The molecule has 0 fully saturated rings. The number of halogens is 1. The van der Waals surface area contributed by atoms with Gasteiger partial charge in [0.1, 0.15) is 0 Å². The lowest BCUT2D eigenvalue weighted by Crippen LogP contribution is -1.95. The smallest absolute Gasteiger partial charge is 0.0621 e. The number of aryl methyl sites for hydroxylation is 1. The lowest BCUT2D eigenvalue weighted by atomic mass is 10.1. The van der Waals surface area contributed by atoms with Crippen LogP contribution in [-0.2, 0) is 0 Å². The fraction of sp³-hybridized carbons (Fsp3) is 0.333. The molecular weight excluding hydrogens is 196 g/mol. The second kappa shape index (κ2) is 5.05. The minimum absolute atomic E-state index is 0.372. The summed E-state index contributed by atoms with van der Waals surface area (Å²) in [5.41, 5.74) is 1.94. The molecule has 0 radical (unpaired) electrons. The highest BCUT2D eigenvalue weighted by Crippen LogP contribution is 2.15. The average Bonchev–Trinajstić information content (AvgIpc) is 2.10. The highest BCUT2D eigenvalue weighted by Gasteiger charge is 1.94. The minimum Gasteiger partial charge on any atom is -0.392 e. The van der Waals surface area contributed by atoms with Crippen molar-refractivity contribution >= 4 is 11.6 Å². The van der Waals surface area contributed by atoms with Gasteiger partial charge < -0.3 is 5.11 Å². The van der Waals surface area contributed by atoms with Crippen molar-refractivity contribution in [2.45, 2.75) is 26.4 Å². The molecular formula is C12H13ClO. The van der Waals surface area contributed by atoms with Crippen LogP contribution in [0.5, 0.6) is 0 Å². The molecule has 0 aliphatic rings. The van der Waals surface area contributed by atoms with Gasteiger partial charge in [-0.2, -0.15) is 0 Å². The van der Waals surface area contributed by atoms with E-state index in [0.29, 0.717) is 6.42 Å². The molecule has 1 unspecified atom stereocenters. The van der Waals surface area contributed by atoms with Crippen LogP contribution in [0.25, 0.3) is 0 Å². The number of hydrogen-bond acceptors (Lipinski definition) is 1. The molecule has 0 saturated carbocycles. The molecule has 0 saturated heterocycles. The second-order valence-corrected chi connectivity index (χ2v) is 3.73. The summed E-state index contributed by atoms with van der Waals surface area (Å²) in [7, 11) is 0. The molecule has 1 aromatic carbocycles. The van der Waals surface area contributed by atoms with Crippen LogP contribution >= 0.6 is 11.6 Å². The van der Waals surface area contributed by atoms with Crippen LogP contribution in [-0.4, -0.2) is 11.2 Å². The van der Waals surface area contributed by atoms with Gasteiger partial charge in [0.25, 0.3) is 0 Å². The van der Waals surface area contributed by atoms with E-state index in [1.54, 1.807) is 6.92 Å². The summed E-state index contributed by atoms with van der Waals surface area (Å²) < 4.78 is 0. The topological polar surface area (TPSA) is 20.2 Å². The Balaban J connectivity index is 2.76. The van der Waals surface area contributed by atoms with Crippen LogP contribution in [0.4, 0.5) is 0 Å². The third-order valence-corrected chi connectivity index (χ3v) is 2.21. The Labute approximate surface area is 89.7 Å². The minimum atomic E-state index is -0.372. The van der Waals surface area contributed by atoms with Gasteiger partial charge in [-0.05, 0) is 31.5 Å². The number of benzene rings is 1. The van der Waals surface area contributed by atoms with Crippen LogP contribution in [0.1, 0.15) is 24.5 Å². The van der Waals surface area contributed by atoms with Crippen LogP contribution < -0.4 is 0 Å². The summed E-state index contributed by atoms with van der Waals surface area (Å²) in [6.07, 6.45) is 0.120. The fourth-order valence-corrected chi connectivity index (χ4v) is 1.15. The summed E-state index contributed by atoms with van der Waals surface area (Å²) in [5, 5.41) is 9.73. The van der Waals surface area contributed by atoms with Gasteiger partial charge in [0.15, 0.2) is 0 Å². The molecule has 1 nitrogen and oxygen atoms in total. The predicted octanol–water partition coefficient (Wildman–Crippen LogP) is 2.77. The van der Waals surface area contributed by atoms with Gasteiger partial charge in [0.2, 0.25) is 0 Å². The van der Waals surface area contributed by atoms with Crippen LogP contribution in [0.15, 0.2) is 18.2 Å². The molecule has 0 heterocycles. The Hall–Kier alpha value is -0.970. The Morgan fingerprint density at radius 1 is 1.50 bits per heavy atom. The van der Waals surface area contributed by atoms with Gasteiger partial charge in [-0.3, -0.25) is 0 Å². The molecule has 1 atom stereocenters. The van der Waals surface area contributed by atoms with Crippen molar-refractivity contribution in [3.63, 3.8) is 0 Å². The third-order valence-electron chi connectivity index (χ3n) is 1.80. The lowest BCUT2D eigenvalue weighted by molar-refractivity contribution is 0.201. The molecule has 0 bridgehead atoms. The molecule has 14 heavy (non-hydrogen) atoms. The molecule has 1 aromatic rings. The Kier molecular flexibility index (Phi) is 4.00. The summed E-state index contributed by atoms with van der Waals surface area (Å²) in [6, 6.07) is 5.71. The zero-order chi connectivity index (χ0) is 10.6. The maximum Gasteiger partial charge on any atom is 0.0621 e. The molecule has 1 N–H and O–H groups in total. The maximum absolute atomic E-state index is 9.00. The van der Waals surface area contributed by atoms with Crippen molar-refractivity contribution in [2.75, 3.05) is 0 Å². The van der Waals surface area contributed by atoms with E-state index in [1.165, 1.54) is 0 Å². The zero-order valence-corrected chi connectivity index (χ0v) is 9.10. The molecule has 0 amide bonds. The summed E-state index contributed by atoms with van der Waals surface area (Å²) in [5.74, 6) is 5.84. The standard InChI is InChI=1S/C12H13ClO/c1-9-6-7-11(8-12(9)13)5-3-4-10(2)14/h6-8,10,14H,4H2,1-2H3. The summed E-state index contributed by atoms with van der Waals surface area (Å²) in [6.45, 7) is 3.67. The van der Waals surface area contributed by atoms with Crippen LogP contribution in [0.3, 0.4) is 0 Å². The quantitative estimate of drug-likeness (QED) is 0.704. The number of aliphatic hydroxyl groups excluding tert-OH is 1. The molecule has 0 aromatic heterocycles. The second-order valence-electron chi connectivity index (χ2n) is 3.32. The highest BCUT2D eigenvalue weighted by molar-refractivity contribution is 6.31. The van der Waals surface area contributed by atoms with Gasteiger partial charge in [-0.25, -0.2) is 0 Å². The highest BCUT2D eigenvalue weighted by atomic mass is 35.5. The van der Waals surface area contributed by atoms with Crippen molar-refractivity contribution < 1.29 is 5.11 Å². The van der Waals surface area contributed by atoms with Crippen molar-refractivity contribution in [2.24, 2.45) is 0 Å². The van der Waals surface area contributed by atoms with Crippen molar-refractivity contribution in [1.29, 1.82) is 0 Å². The van der Waals surface area contributed by atoms with E-state index in [0.717, 1.165) is 16.1 Å². The van der Waals surface area contributed by atoms with E-state index in [-0.39, 0.29) is 6.10 Å². The molecule has 0 spiro atoms. The van der Waals surface area contributed by atoms with Gasteiger partial charge in [0, 0.05) is 17.0 Å². The van der Waals surface area contributed by atoms with E-state index in [1.807, 2.05) is 25.1 Å². The van der Waals surface area contributed by atoms with Crippen molar-refractivity contribution in [3.05, 3.63) is 34.3 Å². The predicted molar refractivity (Wildman–Crippen MR) is 59.4 cm³/mol. The first kappa shape index (κ1) is 11.1. The van der Waals surface area contributed by atoms with Crippen LogP contribution in [0.2, 0.25) is 5.02 Å². The van der Waals surface area contributed by atoms with Gasteiger partial charge >= 0.3 is 0 Å². The van der Waals surface area contributed by atoms with Gasteiger partial charge in [-0.1, -0.05) is 29.5 Å². The number of aliphatic hydroxyl groups is 1. The zero-order valence-electron chi connectivity index (χ0n) is 8.34. The van der Waals surface area contributed by atoms with Gasteiger partial charge in [-0.15, -0.1) is 0 Å². The molecule has 74 valence electrons. The van der Waals surface area contributed by atoms with Crippen LogP contribution in [0, 0.1) is 18.8 Å². The molecule has 0 aliphatic heterocycles. The Morgan fingerprint density at radius 2 is 2.21 bits per heavy atom. The lowest BCUT2D eigenvalue weighted by Gasteiger charge is -1.97.